The molecule has 0 saturated carbocycles. The lowest BCUT2D eigenvalue weighted by atomic mass is 9.99. The monoisotopic (exact) mass is 552 g/mol. The summed E-state index contributed by atoms with van der Waals surface area (Å²) in [5.74, 6) is 1.69. The molecule has 0 spiro atoms. The number of para-hydroxylation sites is 1. The van der Waals surface area contributed by atoms with E-state index < -0.39 is 6.29 Å². The normalized spacial score (nSPS) is 15.6. The van der Waals surface area contributed by atoms with Gasteiger partial charge in [0.1, 0.15) is 5.75 Å². The van der Waals surface area contributed by atoms with Gasteiger partial charge in [-0.05, 0) is 49.9 Å². The van der Waals surface area contributed by atoms with E-state index in [2.05, 4.69) is 52.9 Å². The number of aromatic nitrogens is 3. The van der Waals surface area contributed by atoms with Crippen LogP contribution in [-0.2, 0) is 26.1 Å². The van der Waals surface area contributed by atoms with Crippen LogP contribution in [0.15, 0.2) is 60.7 Å². The van der Waals surface area contributed by atoms with E-state index in [-0.39, 0.29) is 0 Å². The van der Waals surface area contributed by atoms with Gasteiger partial charge in [0.15, 0.2) is 6.29 Å². The lowest BCUT2D eigenvalue weighted by Gasteiger charge is -2.21. The SMILES string of the molecule is CN1CCCn2c(C(O)O)c(CCCOc3cccc4ccccc34)c3cccc(c32)-c2c(nn3c2OCCC3)C1. The zero-order chi connectivity index (χ0) is 27.9. The Hall–Kier alpha value is -3.85. The standard InChI is InChI=1S/C33H36N4O4/c1-35-16-7-17-36-30-24(12-5-13-26(30)29-27(21-35)34-37-18-8-20-41-32(29)37)25(31(36)33(38)39)14-6-19-40-28-15-4-10-22-9-2-3-11-23(22)28/h2-5,9-13,15,33,38-39H,6-8,14,16-21H2,1H3. The molecule has 2 aliphatic rings. The van der Waals surface area contributed by atoms with Crippen molar-refractivity contribution < 1.29 is 19.7 Å². The maximum Gasteiger partial charge on any atom is 0.220 e. The first-order valence-corrected chi connectivity index (χ1v) is 14.6. The van der Waals surface area contributed by atoms with E-state index in [0.29, 0.717) is 31.9 Å². The summed E-state index contributed by atoms with van der Waals surface area (Å²) in [7, 11) is 2.12. The van der Waals surface area contributed by atoms with E-state index in [4.69, 9.17) is 14.6 Å². The summed E-state index contributed by atoms with van der Waals surface area (Å²) < 4.78 is 16.6. The van der Waals surface area contributed by atoms with E-state index >= 15 is 0 Å². The predicted molar refractivity (Wildman–Crippen MR) is 159 cm³/mol. The molecular formula is C33H36N4O4. The Labute approximate surface area is 239 Å². The summed E-state index contributed by atoms with van der Waals surface area (Å²) in [4.78, 5) is 2.28. The quantitative estimate of drug-likeness (QED) is 0.221. The number of ether oxygens (including phenoxy) is 2. The van der Waals surface area contributed by atoms with Crippen molar-refractivity contribution in [3.63, 3.8) is 0 Å². The van der Waals surface area contributed by atoms with E-state index in [1.807, 2.05) is 28.9 Å². The van der Waals surface area contributed by atoms with Crippen molar-refractivity contribution in [3.05, 3.63) is 77.6 Å². The van der Waals surface area contributed by atoms with Crippen LogP contribution in [0.1, 0.15) is 42.5 Å². The Bertz CT molecular complexity index is 1710. The first-order chi connectivity index (χ1) is 20.1. The maximum absolute atomic E-state index is 10.7. The van der Waals surface area contributed by atoms with Crippen molar-refractivity contribution >= 4 is 21.7 Å². The van der Waals surface area contributed by atoms with E-state index in [0.717, 1.165) is 94.6 Å². The number of hydrogen-bond acceptors (Lipinski definition) is 6. The number of hydrogen-bond donors (Lipinski definition) is 2. The average molecular weight is 553 g/mol. The molecule has 8 nitrogen and oxygen atoms in total. The zero-order valence-corrected chi connectivity index (χ0v) is 23.4. The molecule has 7 rings (SSSR count). The third kappa shape index (κ3) is 4.66. The molecule has 2 aliphatic heterocycles. The second kappa shape index (κ2) is 10.9. The van der Waals surface area contributed by atoms with Gasteiger partial charge in [0.25, 0.3) is 0 Å². The fourth-order valence-corrected chi connectivity index (χ4v) is 6.63. The van der Waals surface area contributed by atoms with Crippen LogP contribution in [0.4, 0.5) is 0 Å². The topological polar surface area (TPSA) is 84.9 Å². The van der Waals surface area contributed by atoms with Gasteiger partial charge in [-0.2, -0.15) is 5.10 Å². The highest BCUT2D eigenvalue weighted by atomic mass is 16.5. The molecule has 4 heterocycles. The van der Waals surface area contributed by atoms with Gasteiger partial charge in [0.05, 0.1) is 35.7 Å². The second-order valence-electron chi connectivity index (χ2n) is 11.2. The molecule has 5 aromatic rings. The van der Waals surface area contributed by atoms with Crippen molar-refractivity contribution in [1.82, 2.24) is 19.2 Å². The molecule has 0 saturated heterocycles. The second-order valence-corrected chi connectivity index (χ2v) is 11.2. The summed E-state index contributed by atoms with van der Waals surface area (Å²) in [5, 5.41) is 29.7. The van der Waals surface area contributed by atoms with Crippen molar-refractivity contribution in [2.45, 2.75) is 51.6 Å². The highest BCUT2D eigenvalue weighted by molar-refractivity contribution is 5.99. The van der Waals surface area contributed by atoms with Crippen LogP contribution in [0.5, 0.6) is 11.6 Å². The van der Waals surface area contributed by atoms with Gasteiger partial charge in [0.2, 0.25) is 5.88 Å². The van der Waals surface area contributed by atoms with Gasteiger partial charge < -0.3 is 29.2 Å². The van der Waals surface area contributed by atoms with Crippen molar-refractivity contribution in [2.24, 2.45) is 0 Å². The largest absolute Gasteiger partial charge is 0.493 e. The number of aryl methyl sites for hydroxylation is 3. The molecule has 0 fully saturated rings. The molecule has 0 amide bonds. The van der Waals surface area contributed by atoms with Crippen LogP contribution >= 0.6 is 0 Å². The minimum atomic E-state index is -1.58. The molecule has 8 heteroatoms. The van der Waals surface area contributed by atoms with Gasteiger partial charge in [-0.3, -0.25) is 0 Å². The lowest BCUT2D eigenvalue weighted by molar-refractivity contribution is -0.0488. The van der Waals surface area contributed by atoms with Crippen LogP contribution < -0.4 is 9.47 Å². The Morgan fingerprint density at radius 2 is 1.78 bits per heavy atom. The molecule has 0 unspecified atom stereocenters. The van der Waals surface area contributed by atoms with Crippen LogP contribution in [-0.4, -0.2) is 56.3 Å². The molecule has 2 aromatic heterocycles. The first kappa shape index (κ1) is 26.1. The van der Waals surface area contributed by atoms with Gasteiger partial charge in [-0.25, -0.2) is 4.68 Å². The van der Waals surface area contributed by atoms with Gasteiger partial charge >= 0.3 is 0 Å². The minimum Gasteiger partial charge on any atom is -0.493 e. The van der Waals surface area contributed by atoms with Gasteiger partial charge in [-0.15, -0.1) is 0 Å². The zero-order valence-electron chi connectivity index (χ0n) is 23.4. The number of fused-ring (bicyclic) bond motifs is 5. The smallest absolute Gasteiger partial charge is 0.220 e. The molecule has 0 radical (unpaired) electrons. The Morgan fingerprint density at radius 3 is 2.68 bits per heavy atom. The van der Waals surface area contributed by atoms with Crippen LogP contribution in [0.25, 0.3) is 32.8 Å². The van der Waals surface area contributed by atoms with Gasteiger partial charge in [0, 0.05) is 42.4 Å². The lowest BCUT2D eigenvalue weighted by Crippen LogP contribution is -2.22. The third-order valence-electron chi connectivity index (χ3n) is 8.40. The Morgan fingerprint density at radius 1 is 0.951 bits per heavy atom. The number of aliphatic hydroxyl groups is 2. The van der Waals surface area contributed by atoms with Gasteiger partial charge in [-0.1, -0.05) is 54.6 Å². The molecule has 2 N–H and O–H groups in total. The Kier molecular flexibility index (Phi) is 6.90. The highest BCUT2D eigenvalue weighted by Gasteiger charge is 2.30. The summed E-state index contributed by atoms with van der Waals surface area (Å²) in [6.07, 6.45) is 1.65. The number of aliphatic hydroxyl groups excluding tert-OH is 1. The summed E-state index contributed by atoms with van der Waals surface area (Å²) in [5.41, 5.74) is 5.63. The fourth-order valence-electron chi connectivity index (χ4n) is 6.63. The van der Waals surface area contributed by atoms with E-state index in [1.165, 1.54) is 0 Å². The number of nitrogens with zero attached hydrogens (tertiary/aromatic N) is 4. The fraction of sp³-hybridized carbons (Fsp3) is 0.364. The first-order valence-electron chi connectivity index (χ1n) is 14.6. The summed E-state index contributed by atoms with van der Waals surface area (Å²) in [6, 6.07) is 20.6. The maximum atomic E-state index is 10.7. The summed E-state index contributed by atoms with van der Waals surface area (Å²) in [6.45, 7) is 4.35. The number of rotatable bonds is 6. The molecule has 0 aliphatic carbocycles. The average Bonchev–Trinajstić information content (AvgIpc) is 3.50. The van der Waals surface area contributed by atoms with Crippen LogP contribution in [0.3, 0.4) is 0 Å². The predicted octanol–water partition coefficient (Wildman–Crippen LogP) is 5.27. The van der Waals surface area contributed by atoms with E-state index in [1.54, 1.807) is 0 Å². The molecule has 0 atom stereocenters. The van der Waals surface area contributed by atoms with Crippen LogP contribution in [0.2, 0.25) is 0 Å². The number of benzene rings is 3. The molecule has 212 valence electrons. The third-order valence-corrected chi connectivity index (χ3v) is 8.40. The Balaban J connectivity index is 1.28. The minimum absolute atomic E-state index is 0.529. The molecule has 41 heavy (non-hydrogen) atoms. The summed E-state index contributed by atoms with van der Waals surface area (Å²) >= 11 is 0. The molecular weight excluding hydrogens is 516 g/mol. The van der Waals surface area contributed by atoms with Crippen LogP contribution in [0, 0.1) is 0 Å². The molecule has 3 aromatic carbocycles. The highest BCUT2D eigenvalue weighted by Crippen LogP contribution is 2.43. The molecule has 0 bridgehead atoms. The van der Waals surface area contributed by atoms with Crippen molar-refractivity contribution in [3.8, 4) is 22.8 Å². The van der Waals surface area contributed by atoms with E-state index in [9.17, 15) is 10.2 Å². The van der Waals surface area contributed by atoms with Crippen molar-refractivity contribution in [1.29, 1.82) is 0 Å². The van der Waals surface area contributed by atoms with Crippen molar-refractivity contribution in [2.75, 3.05) is 26.8 Å².